The summed E-state index contributed by atoms with van der Waals surface area (Å²) in [6.07, 6.45) is 5.67. The Bertz CT molecular complexity index is 323. The second kappa shape index (κ2) is 4.98. The number of hydrogen-bond acceptors (Lipinski definition) is 1. The monoisotopic (exact) mass is 222 g/mol. The molecule has 0 aliphatic heterocycles. The van der Waals surface area contributed by atoms with Gasteiger partial charge in [-0.15, -0.1) is 11.3 Å². The molecule has 0 amide bonds. The molecule has 1 heteroatoms. The summed E-state index contributed by atoms with van der Waals surface area (Å²) in [6.45, 7) is 11.3. The van der Waals surface area contributed by atoms with E-state index in [9.17, 15) is 0 Å². The van der Waals surface area contributed by atoms with Crippen molar-refractivity contribution in [2.75, 3.05) is 0 Å². The van der Waals surface area contributed by atoms with Crippen molar-refractivity contribution in [3.05, 3.63) is 28.0 Å². The highest BCUT2D eigenvalue weighted by Crippen LogP contribution is 2.26. The van der Waals surface area contributed by atoms with Crippen LogP contribution in [0.25, 0.3) is 6.08 Å². The van der Waals surface area contributed by atoms with Gasteiger partial charge in [0.25, 0.3) is 0 Å². The third kappa shape index (κ3) is 5.17. The smallest absolute Gasteiger partial charge is 0.0270 e. The molecular weight excluding hydrogens is 200 g/mol. The van der Waals surface area contributed by atoms with Gasteiger partial charge in [0.15, 0.2) is 0 Å². The SMILES string of the molecule is CC(C)/C=C/c1ccc(CC(C)(C)C)s1. The van der Waals surface area contributed by atoms with Crippen LogP contribution in [0.1, 0.15) is 44.4 Å². The highest BCUT2D eigenvalue weighted by atomic mass is 32.1. The largest absolute Gasteiger partial charge is 0.141 e. The molecule has 0 aromatic carbocycles. The first-order valence-corrected chi connectivity index (χ1v) is 6.45. The molecule has 1 heterocycles. The van der Waals surface area contributed by atoms with Crippen molar-refractivity contribution >= 4 is 17.4 Å². The van der Waals surface area contributed by atoms with E-state index in [1.54, 1.807) is 0 Å². The van der Waals surface area contributed by atoms with Gasteiger partial charge in [-0.3, -0.25) is 0 Å². The Hall–Kier alpha value is -0.560. The Labute approximate surface area is 98.0 Å². The molecular formula is C14H22S. The zero-order valence-corrected chi connectivity index (χ0v) is 11.3. The molecule has 0 nitrogen and oxygen atoms in total. The quantitative estimate of drug-likeness (QED) is 0.674. The van der Waals surface area contributed by atoms with Crippen molar-refractivity contribution in [2.24, 2.45) is 11.3 Å². The van der Waals surface area contributed by atoms with Crippen molar-refractivity contribution < 1.29 is 0 Å². The lowest BCUT2D eigenvalue weighted by atomic mass is 9.92. The molecule has 0 radical (unpaired) electrons. The summed E-state index contributed by atoms with van der Waals surface area (Å²) in [6, 6.07) is 4.49. The summed E-state index contributed by atoms with van der Waals surface area (Å²) in [5.74, 6) is 0.637. The topological polar surface area (TPSA) is 0 Å². The first-order valence-electron chi connectivity index (χ1n) is 5.64. The number of hydrogen-bond donors (Lipinski definition) is 0. The van der Waals surface area contributed by atoms with E-state index in [0.717, 1.165) is 0 Å². The molecule has 0 unspecified atom stereocenters. The maximum absolute atomic E-state index is 2.29. The minimum absolute atomic E-state index is 0.393. The van der Waals surface area contributed by atoms with Crippen LogP contribution in [0.4, 0.5) is 0 Å². The molecule has 0 aliphatic carbocycles. The van der Waals surface area contributed by atoms with Gasteiger partial charge in [0.1, 0.15) is 0 Å². The first kappa shape index (κ1) is 12.5. The maximum Gasteiger partial charge on any atom is 0.0270 e. The molecule has 0 bridgehead atoms. The lowest BCUT2D eigenvalue weighted by Crippen LogP contribution is -2.07. The molecule has 84 valence electrons. The fourth-order valence-electron chi connectivity index (χ4n) is 1.39. The minimum atomic E-state index is 0.393. The second-order valence-corrected chi connectivity index (χ2v) is 6.84. The Morgan fingerprint density at radius 1 is 1.27 bits per heavy atom. The van der Waals surface area contributed by atoms with E-state index in [-0.39, 0.29) is 0 Å². The molecule has 0 N–H and O–H groups in total. The van der Waals surface area contributed by atoms with E-state index in [2.05, 4.69) is 58.9 Å². The third-order valence-electron chi connectivity index (χ3n) is 2.03. The van der Waals surface area contributed by atoms with E-state index >= 15 is 0 Å². The first-order chi connectivity index (χ1) is 6.87. The van der Waals surface area contributed by atoms with Gasteiger partial charge in [0, 0.05) is 9.75 Å². The van der Waals surface area contributed by atoms with Gasteiger partial charge in [0.2, 0.25) is 0 Å². The van der Waals surface area contributed by atoms with E-state index in [1.807, 2.05) is 11.3 Å². The van der Waals surface area contributed by atoms with Gasteiger partial charge < -0.3 is 0 Å². The predicted molar refractivity (Wildman–Crippen MR) is 71.4 cm³/mol. The standard InChI is InChI=1S/C14H22S/c1-11(2)6-7-12-8-9-13(15-12)10-14(3,4)5/h6-9,11H,10H2,1-5H3/b7-6+. The highest BCUT2D eigenvalue weighted by Gasteiger charge is 2.12. The maximum atomic E-state index is 2.29. The van der Waals surface area contributed by atoms with Crippen molar-refractivity contribution in [1.29, 1.82) is 0 Å². The molecule has 0 aliphatic rings. The van der Waals surface area contributed by atoms with E-state index in [4.69, 9.17) is 0 Å². The number of allylic oxidation sites excluding steroid dienone is 1. The van der Waals surface area contributed by atoms with Gasteiger partial charge in [0.05, 0.1) is 0 Å². The molecule has 1 aromatic heterocycles. The van der Waals surface area contributed by atoms with Crippen LogP contribution in [0, 0.1) is 11.3 Å². The predicted octanol–water partition coefficient (Wildman–Crippen LogP) is 5.01. The van der Waals surface area contributed by atoms with Crippen LogP contribution in [-0.4, -0.2) is 0 Å². The normalized spacial score (nSPS) is 12.9. The Morgan fingerprint density at radius 3 is 2.47 bits per heavy atom. The summed E-state index contributed by atoms with van der Waals surface area (Å²) in [7, 11) is 0. The zero-order chi connectivity index (χ0) is 11.5. The van der Waals surface area contributed by atoms with Gasteiger partial charge in [-0.1, -0.05) is 40.7 Å². The molecule has 0 atom stereocenters. The number of rotatable bonds is 3. The molecule has 0 saturated carbocycles. The van der Waals surface area contributed by atoms with Crippen molar-refractivity contribution in [3.8, 4) is 0 Å². The molecule has 15 heavy (non-hydrogen) atoms. The van der Waals surface area contributed by atoms with Crippen LogP contribution in [-0.2, 0) is 6.42 Å². The zero-order valence-electron chi connectivity index (χ0n) is 10.5. The van der Waals surface area contributed by atoms with Crippen LogP contribution in [0.3, 0.4) is 0 Å². The van der Waals surface area contributed by atoms with Gasteiger partial charge in [-0.05, 0) is 36.0 Å². The summed E-state index contributed by atoms with van der Waals surface area (Å²) in [4.78, 5) is 2.87. The molecule has 1 rings (SSSR count). The lowest BCUT2D eigenvalue weighted by Gasteiger charge is -2.16. The minimum Gasteiger partial charge on any atom is -0.141 e. The van der Waals surface area contributed by atoms with E-state index < -0.39 is 0 Å². The van der Waals surface area contributed by atoms with Crippen molar-refractivity contribution in [1.82, 2.24) is 0 Å². The summed E-state index contributed by atoms with van der Waals surface area (Å²) in [5, 5.41) is 0. The van der Waals surface area contributed by atoms with Crippen LogP contribution < -0.4 is 0 Å². The van der Waals surface area contributed by atoms with Gasteiger partial charge in [-0.2, -0.15) is 0 Å². The Kier molecular flexibility index (Phi) is 4.15. The second-order valence-electron chi connectivity index (χ2n) is 5.64. The average Bonchev–Trinajstić information content (AvgIpc) is 2.45. The van der Waals surface area contributed by atoms with Crippen LogP contribution in [0.2, 0.25) is 0 Å². The van der Waals surface area contributed by atoms with E-state index in [0.29, 0.717) is 11.3 Å². The number of thiophene rings is 1. The van der Waals surface area contributed by atoms with Gasteiger partial charge >= 0.3 is 0 Å². The Balaban J connectivity index is 2.65. The van der Waals surface area contributed by atoms with Crippen LogP contribution in [0.15, 0.2) is 18.2 Å². The summed E-state index contributed by atoms with van der Waals surface area (Å²) in [5.41, 5.74) is 0.393. The van der Waals surface area contributed by atoms with Crippen LogP contribution >= 0.6 is 11.3 Å². The lowest BCUT2D eigenvalue weighted by molar-refractivity contribution is 0.414. The molecule has 0 saturated heterocycles. The van der Waals surface area contributed by atoms with Crippen molar-refractivity contribution in [2.45, 2.75) is 41.0 Å². The highest BCUT2D eigenvalue weighted by molar-refractivity contribution is 7.12. The molecule has 0 spiro atoms. The van der Waals surface area contributed by atoms with Crippen molar-refractivity contribution in [3.63, 3.8) is 0 Å². The third-order valence-corrected chi connectivity index (χ3v) is 3.08. The average molecular weight is 222 g/mol. The fourth-order valence-corrected chi connectivity index (χ4v) is 2.62. The van der Waals surface area contributed by atoms with Gasteiger partial charge in [-0.25, -0.2) is 0 Å². The van der Waals surface area contributed by atoms with Crippen LogP contribution in [0.5, 0.6) is 0 Å². The Morgan fingerprint density at radius 2 is 1.93 bits per heavy atom. The fraction of sp³-hybridized carbons (Fsp3) is 0.571. The summed E-state index contributed by atoms with van der Waals surface area (Å²) >= 11 is 1.91. The molecule has 1 aromatic rings. The summed E-state index contributed by atoms with van der Waals surface area (Å²) < 4.78 is 0. The molecule has 0 fully saturated rings. The van der Waals surface area contributed by atoms with E-state index in [1.165, 1.54) is 16.2 Å².